The fourth-order valence-electron chi connectivity index (χ4n) is 3.98. The third-order valence-electron chi connectivity index (χ3n) is 5.56. The van der Waals surface area contributed by atoms with Crippen molar-refractivity contribution in [3.63, 3.8) is 0 Å². The number of amides is 1. The van der Waals surface area contributed by atoms with Crippen molar-refractivity contribution in [2.45, 2.75) is 30.8 Å². The van der Waals surface area contributed by atoms with Crippen LogP contribution in [0, 0.1) is 5.82 Å². The van der Waals surface area contributed by atoms with E-state index in [1.54, 1.807) is 18.5 Å². The second kappa shape index (κ2) is 7.27. The zero-order valence-corrected chi connectivity index (χ0v) is 15.7. The van der Waals surface area contributed by atoms with Crippen LogP contribution in [0.4, 0.5) is 4.39 Å². The number of benzene rings is 1. The monoisotopic (exact) mass is 393 g/mol. The average molecular weight is 393 g/mol. The highest BCUT2D eigenvalue weighted by Crippen LogP contribution is 2.29. The first-order valence-electron chi connectivity index (χ1n) is 9.74. The van der Waals surface area contributed by atoms with Crippen molar-refractivity contribution in [1.82, 2.24) is 20.4 Å². The van der Waals surface area contributed by atoms with Gasteiger partial charge >= 0.3 is 0 Å². The molecule has 7 nitrogen and oxygen atoms in total. The molecule has 1 amide bonds. The Morgan fingerprint density at radius 3 is 3.00 bits per heavy atom. The Bertz CT molecular complexity index is 1010. The summed E-state index contributed by atoms with van der Waals surface area (Å²) in [6, 6.07) is 6.10. The van der Waals surface area contributed by atoms with E-state index < -0.39 is 0 Å². The number of aromatic nitrogens is 2. The van der Waals surface area contributed by atoms with Gasteiger partial charge in [0.1, 0.15) is 5.82 Å². The maximum atomic E-state index is 13.1. The lowest BCUT2D eigenvalue weighted by Gasteiger charge is -2.32. The SMILES string of the molecule is O=C(C1=CC2NC=NC2C=C1)N1CCCC(c2nc(-c3ccc(F)cc3)no2)C1. The predicted octanol–water partition coefficient (Wildman–Crippen LogP) is 2.45. The van der Waals surface area contributed by atoms with Crippen molar-refractivity contribution >= 4 is 12.2 Å². The molecule has 3 heterocycles. The van der Waals surface area contributed by atoms with Crippen LogP contribution in [0.3, 0.4) is 0 Å². The lowest BCUT2D eigenvalue weighted by molar-refractivity contribution is -0.128. The Balaban J connectivity index is 1.29. The van der Waals surface area contributed by atoms with Crippen LogP contribution in [0.2, 0.25) is 0 Å². The molecule has 29 heavy (non-hydrogen) atoms. The van der Waals surface area contributed by atoms with Gasteiger partial charge in [0, 0.05) is 24.2 Å². The van der Waals surface area contributed by atoms with Crippen molar-refractivity contribution in [2.75, 3.05) is 13.1 Å². The van der Waals surface area contributed by atoms with E-state index in [9.17, 15) is 9.18 Å². The minimum Gasteiger partial charge on any atom is -0.368 e. The van der Waals surface area contributed by atoms with E-state index in [-0.39, 0.29) is 29.7 Å². The van der Waals surface area contributed by atoms with Crippen LogP contribution in [0.1, 0.15) is 24.7 Å². The topological polar surface area (TPSA) is 83.6 Å². The van der Waals surface area contributed by atoms with Crippen LogP contribution in [0.15, 0.2) is 57.6 Å². The highest BCUT2D eigenvalue weighted by molar-refractivity contribution is 5.97. The molecule has 2 aromatic rings. The Morgan fingerprint density at radius 1 is 1.28 bits per heavy atom. The van der Waals surface area contributed by atoms with E-state index in [1.807, 2.05) is 23.1 Å². The number of rotatable bonds is 3. The Hall–Kier alpha value is -3.29. The lowest BCUT2D eigenvalue weighted by Crippen LogP contribution is -2.41. The molecule has 0 radical (unpaired) electrons. The molecule has 0 bridgehead atoms. The molecule has 2 aliphatic heterocycles. The van der Waals surface area contributed by atoms with Gasteiger partial charge in [-0.05, 0) is 43.2 Å². The summed E-state index contributed by atoms with van der Waals surface area (Å²) in [5.74, 6) is 0.635. The molecule has 3 atom stereocenters. The third kappa shape index (κ3) is 3.46. The number of carbonyl (C=O) groups is 1. The first-order valence-corrected chi connectivity index (χ1v) is 9.74. The molecular formula is C21H20FN5O2. The van der Waals surface area contributed by atoms with E-state index in [4.69, 9.17) is 4.52 Å². The Labute approximate surface area is 167 Å². The smallest absolute Gasteiger partial charge is 0.253 e. The molecule has 1 saturated heterocycles. The van der Waals surface area contributed by atoms with Crippen LogP contribution in [-0.2, 0) is 4.79 Å². The van der Waals surface area contributed by atoms with E-state index in [0.29, 0.717) is 35.9 Å². The number of aliphatic imine (C=N–C) groups is 1. The molecule has 1 aromatic heterocycles. The second-order valence-electron chi connectivity index (χ2n) is 7.50. The summed E-state index contributed by atoms with van der Waals surface area (Å²) in [7, 11) is 0. The number of carbonyl (C=O) groups excluding carboxylic acids is 1. The largest absolute Gasteiger partial charge is 0.368 e. The van der Waals surface area contributed by atoms with E-state index in [0.717, 1.165) is 12.8 Å². The standard InChI is InChI=1S/C21H20FN5O2/c22-16-6-3-13(4-7-16)19-25-20(29-26-19)15-2-1-9-27(11-15)21(28)14-5-8-17-18(10-14)24-12-23-17/h3-8,10,12,15,17-18H,1-2,9,11H2,(H,23,24). The van der Waals surface area contributed by atoms with Crippen molar-refractivity contribution < 1.29 is 13.7 Å². The van der Waals surface area contributed by atoms with Crippen molar-refractivity contribution in [3.05, 3.63) is 59.8 Å². The summed E-state index contributed by atoms with van der Waals surface area (Å²) in [4.78, 5) is 23.7. The zero-order valence-electron chi connectivity index (χ0n) is 15.7. The van der Waals surface area contributed by atoms with Crippen LogP contribution in [0.5, 0.6) is 0 Å². The lowest BCUT2D eigenvalue weighted by atomic mass is 9.95. The molecular weight excluding hydrogens is 373 g/mol. The van der Waals surface area contributed by atoms with Gasteiger partial charge in [-0.1, -0.05) is 17.3 Å². The molecule has 3 unspecified atom stereocenters. The number of nitrogens with one attached hydrogen (secondary N) is 1. The van der Waals surface area contributed by atoms with Gasteiger partial charge < -0.3 is 14.7 Å². The second-order valence-corrected chi connectivity index (χ2v) is 7.50. The number of likely N-dealkylation sites (tertiary alicyclic amines) is 1. The zero-order chi connectivity index (χ0) is 19.8. The summed E-state index contributed by atoms with van der Waals surface area (Å²) >= 11 is 0. The van der Waals surface area contributed by atoms with Gasteiger partial charge in [0.2, 0.25) is 11.7 Å². The molecule has 148 valence electrons. The number of fused-ring (bicyclic) bond motifs is 1. The summed E-state index contributed by atoms with van der Waals surface area (Å²) in [6.45, 7) is 1.24. The van der Waals surface area contributed by atoms with Gasteiger partial charge in [-0.3, -0.25) is 9.79 Å². The van der Waals surface area contributed by atoms with Gasteiger partial charge in [-0.2, -0.15) is 4.98 Å². The molecule has 0 spiro atoms. The summed E-state index contributed by atoms with van der Waals surface area (Å²) in [5, 5.41) is 7.19. The first kappa shape index (κ1) is 17.8. The number of nitrogens with zero attached hydrogens (tertiary/aromatic N) is 4. The van der Waals surface area contributed by atoms with Crippen LogP contribution >= 0.6 is 0 Å². The summed E-state index contributed by atoms with van der Waals surface area (Å²) < 4.78 is 18.6. The number of halogens is 1. The predicted molar refractivity (Wildman–Crippen MR) is 105 cm³/mol. The minimum atomic E-state index is -0.310. The maximum absolute atomic E-state index is 13.1. The van der Waals surface area contributed by atoms with Crippen molar-refractivity contribution in [2.24, 2.45) is 4.99 Å². The van der Waals surface area contributed by atoms with Gasteiger partial charge in [-0.25, -0.2) is 4.39 Å². The van der Waals surface area contributed by atoms with Gasteiger partial charge in [0.15, 0.2) is 0 Å². The third-order valence-corrected chi connectivity index (χ3v) is 5.56. The average Bonchev–Trinajstić information content (AvgIpc) is 3.43. The van der Waals surface area contributed by atoms with Crippen LogP contribution in [-0.4, -0.2) is 52.5 Å². The fraction of sp³-hybridized carbons (Fsp3) is 0.333. The van der Waals surface area contributed by atoms with Gasteiger partial charge in [0.25, 0.3) is 5.91 Å². The molecule has 5 rings (SSSR count). The number of hydrogen-bond donors (Lipinski definition) is 1. The fourth-order valence-corrected chi connectivity index (χ4v) is 3.98. The number of piperidine rings is 1. The Kier molecular flexibility index (Phi) is 4.46. The quantitative estimate of drug-likeness (QED) is 0.866. The highest BCUT2D eigenvalue weighted by Gasteiger charge is 2.31. The summed E-state index contributed by atoms with van der Waals surface area (Å²) in [6.07, 6.45) is 9.20. The van der Waals surface area contributed by atoms with Crippen LogP contribution in [0.25, 0.3) is 11.4 Å². The normalized spacial score (nSPS) is 25.5. The highest BCUT2D eigenvalue weighted by atomic mass is 19.1. The summed E-state index contributed by atoms with van der Waals surface area (Å²) in [5.41, 5.74) is 1.38. The van der Waals surface area contributed by atoms with Crippen molar-refractivity contribution in [1.29, 1.82) is 0 Å². The Morgan fingerprint density at radius 2 is 2.14 bits per heavy atom. The van der Waals surface area contributed by atoms with Gasteiger partial charge in [-0.15, -0.1) is 0 Å². The van der Waals surface area contributed by atoms with E-state index in [1.165, 1.54) is 12.1 Å². The number of hydrogen-bond acceptors (Lipinski definition) is 6. The molecule has 1 aliphatic carbocycles. The first-order chi connectivity index (χ1) is 14.2. The maximum Gasteiger partial charge on any atom is 0.253 e. The van der Waals surface area contributed by atoms with E-state index in [2.05, 4.69) is 20.4 Å². The van der Waals surface area contributed by atoms with Gasteiger partial charge in [0.05, 0.1) is 24.3 Å². The van der Waals surface area contributed by atoms with E-state index >= 15 is 0 Å². The minimum absolute atomic E-state index is 0.0105. The molecule has 8 heteroatoms. The molecule has 1 N–H and O–H groups in total. The molecule has 1 aromatic carbocycles. The van der Waals surface area contributed by atoms with Crippen molar-refractivity contribution in [3.8, 4) is 11.4 Å². The van der Waals surface area contributed by atoms with Crippen LogP contribution < -0.4 is 5.32 Å². The molecule has 0 saturated carbocycles. The molecule has 1 fully saturated rings. The molecule has 3 aliphatic rings.